The standard InChI is InChI=1S/C16H27NO3/c1-4-6-13-7-8-15(18)17(11-9-13)12-10-14(5-2)16(19)20-3/h10,13H,4-9,11-12H2,1-3H3. The monoisotopic (exact) mass is 281 g/mol. The van der Waals surface area contributed by atoms with Crippen molar-refractivity contribution in [3.05, 3.63) is 11.6 Å². The van der Waals surface area contributed by atoms with E-state index in [0.29, 0.717) is 30.9 Å². The van der Waals surface area contributed by atoms with Gasteiger partial charge in [0.15, 0.2) is 0 Å². The number of hydrogen-bond donors (Lipinski definition) is 0. The highest BCUT2D eigenvalue weighted by molar-refractivity contribution is 5.88. The van der Waals surface area contributed by atoms with E-state index in [1.807, 2.05) is 17.9 Å². The summed E-state index contributed by atoms with van der Waals surface area (Å²) >= 11 is 0. The maximum Gasteiger partial charge on any atom is 0.333 e. The third-order valence-electron chi connectivity index (χ3n) is 4.01. The molecule has 1 amide bonds. The van der Waals surface area contributed by atoms with Gasteiger partial charge in [-0.15, -0.1) is 0 Å². The minimum Gasteiger partial charge on any atom is -0.466 e. The number of nitrogens with zero attached hydrogens (tertiary/aromatic N) is 1. The molecule has 1 aliphatic rings. The van der Waals surface area contributed by atoms with E-state index < -0.39 is 0 Å². The summed E-state index contributed by atoms with van der Waals surface area (Å²) in [6.45, 7) is 5.44. The molecule has 0 N–H and O–H groups in total. The van der Waals surface area contributed by atoms with Crippen molar-refractivity contribution in [1.82, 2.24) is 4.90 Å². The number of carbonyl (C=O) groups is 2. The van der Waals surface area contributed by atoms with Crippen LogP contribution >= 0.6 is 0 Å². The Morgan fingerprint density at radius 3 is 2.75 bits per heavy atom. The van der Waals surface area contributed by atoms with Gasteiger partial charge in [-0.3, -0.25) is 4.79 Å². The Balaban J connectivity index is 2.59. The molecule has 0 saturated carbocycles. The van der Waals surface area contributed by atoms with E-state index in [1.165, 1.54) is 20.0 Å². The summed E-state index contributed by atoms with van der Waals surface area (Å²) in [6, 6.07) is 0. The van der Waals surface area contributed by atoms with E-state index >= 15 is 0 Å². The molecule has 0 spiro atoms. The molecule has 1 saturated heterocycles. The van der Waals surface area contributed by atoms with Gasteiger partial charge >= 0.3 is 5.97 Å². The number of ether oxygens (including phenoxy) is 1. The van der Waals surface area contributed by atoms with Crippen molar-refractivity contribution in [2.24, 2.45) is 5.92 Å². The minimum atomic E-state index is -0.293. The fraction of sp³-hybridized carbons (Fsp3) is 0.750. The van der Waals surface area contributed by atoms with Gasteiger partial charge in [0.1, 0.15) is 0 Å². The van der Waals surface area contributed by atoms with Gasteiger partial charge in [0.05, 0.1) is 7.11 Å². The third kappa shape index (κ3) is 4.99. The van der Waals surface area contributed by atoms with Gasteiger partial charge in [0, 0.05) is 25.1 Å². The van der Waals surface area contributed by atoms with E-state index in [-0.39, 0.29) is 11.9 Å². The summed E-state index contributed by atoms with van der Waals surface area (Å²) < 4.78 is 4.73. The highest BCUT2D eigenvalue weighted by atomic mass is 16.5. The van der Waals surface area contributed by atoms with Crippen molar-refractivity contribution in [2.45, 2.75) is 52.4 Å². The molecule has 0 radical (unpaired) electrons. The molecular formula is C16H27NO3. The van der Waals surface area contributed by atoms with Crippen LogP contribution in [0.4, 0.5) is 0 Å². The average Bonchev–Trinajstić information content (AvgIpc) is 2.63. The Labute approximate surface area is 122 Å². The van der Waals surface area contributed by atoms with Crippen LogP contribution in [0.1, 0.15) is 52.4 Å². The van der Waals surface area contributed by atoms with Crippen molar-refractivity contribution in [1.29, 1.82) is 0 Å². The molecule has 0 aromatic carbocycles. The van der Waals surface area contributed by atoms with Crippen LogP contribution in [0.5, 0.6) is 0 Å². The number of rotatable bonds is 6. The van der Waals surface area contributed by atoms with Gasteiger partial charge in [-0.05, 0) is 25.2 Å². The van der Waals surface area contributed by atoms with Gasteiger partial charge in [-0.25, -0.2) is 4.79 Å². The zero-order chi connectivity index (χ0) is 15.0. The van der Waals surface area contributed by atoms with Crippen LogP contribution in [0, 0.1) is 5.92 Å². The number of amides is 1. The first-order valence-electron chi connectivity index (χ1n) is 7.67. The van der Waals surface area contributed by atoms with Crippen LogP contribution in [-0.2, 0) is 14.3 Å². The van der Waals surface area contributed by atoms with Gasteiger partial charge in [0.2, 0.25) is 5.91 Å². The normalized spacial score (nSPS) is 20.8. The van der Waals surface area contributed by atoms with Gasteiger partial charge in [-0.2, -0.15) is 0 Å². The van der Waals surface area contributed by atoms with E-state index in [1.54, 1.807) is 0 Å². The van der Waals surface area contributed by atoms with E-state index in [0.717, 1.165) is 19.4 Å². The van der Waals surface area contributed by atoms with Crippen LogP contribution < -0.4 is 0 Å². The van der Waals surface area contributed by atoms with Crippen molar-refractivity contribution < 1.29 is 14.3 Å². The number of esters is 1. The minimum absolute atomic E-state index is 0.208. The van der Waals surface area contributed by atoms with Crippen molar-refractivity contribution in [3.8, 4) is 0 Å². The maximum absolute atomic E-state index is 12.1. The summed E-state index contributed by atoms with van der Waals surface area (Å²) in [4.78, 5) is 25.5. The quantitative estimate of drug-likeness (QED) is 0.555. The lowest BCUT2D eigenvalue weighted by atomic mass is 9.96. The lowest BCUT2D eigenvalue weighted by Crippen LogP contribution is -2.30. The molecule has 0 aromatic heterocycles. The lowest BCUT2D eigenvalue weighted by molar-refractivity contribution is -0.136. The number of methoxy groups -OCH3 is 1. The largest absolute Gasteiger partial charge is 0.466 e. The zero-order valence-corrected chi connectivity index (χ0v) is 13.0. The summed E-state index contributed by atoms with van der Waals surface area (Å²) in [5.41, 5.74) is 0.648. The second kappa shape index (κ2) is 8.77. The molecular weight excluding hydrogens is 254 g/mol. The Morgan fingerprint density at radius 2 is 2.15 bits per heavy atom. The van der Waals surface area contributed by atoms with Crippen LogP contribution in [0.3, 0.4) is 0 Å². The Bertz CT molecular complexity index is 363. The van der Waals surface area contributed by atoms with E-state index in [4.69, 9.17) is 4.74 Å². The zero-order valence-electron chi connectivity index (χ0n) is 13.0. The number of carbonyl (C=O) groups excluding carboxylic acids is 2. The lowest BCUT2D eigenvalue weighted by Gasteiger charge is -2.19. The first kappa shape index (κ1) is 16.7. The predicted octanol–water partition coefficient (Wildman–Crippen LogP) is 2.92. The van der Waals surface area contributed by atoms with Gasteiger partial charge < -0.3 is 9.64 Å². The van der Waals surface area contributed by atoms with Crippen molar-refractivity contribution in [3.63, 3.8) is 0 Å². The van der Waals surface area contributed by atoms with E-state index in [2.05, 4.69) is 6.92 Å². The summed E-state index contributed by atoms with van der Waals surface area (Å²) in [5.74, 6) is 0.586. The van der Waals surface area contributed by atoms with Crippen LogP contribution in [0.25, 0.3) is 0 Å². The Hall–Kier alpha value is -1.32. The smallest absolute Gasteiger partial charge is 0.333 e. The molecule has 114 valence electrons. The molecule has 20 heavy (non-hydrogen) atoms. The highest BCUT2D eigenvalue weighted by Crippen LogP contribution is 2.22. The summed E-state index contributed by atoms with van der Waals surface area (Å²) in [5, 5.41) is 0. The van der Waals surface area contributed by atoms with Crippen LogP contribution in [0.2, 0.25) is 0 Å². The topological polar surface area (TPSA) is 46.6 Å². The third-order valence-corrected chi connectivity index (χ3v) is 4.01. The molecule has 4 heteroatoms. The molecule has 0 aliphatic carbocycles. The van der Waals surface area contributed by atoms with E-state index in [9.17, 15) is 9.59 Å². The summed E-state index contributed by atoms with van der Waals surface area (Å²) in [6.07, 6.45) is 7.58. The Kier molecular flexibility index (Phi) is 7.34. The second-order valence-corrected chi connectivity index (χ2v) is 5.40. The Morgan fingerprint density at radius 1 is 1.40 bits per heavy atom. The summed E-state index contributed by atoms with van der Waals surface area (Å²) in [7, 11) is 1.39. The molecule has 1 fully saturated rings. The average molecular weight is 281 g/mol. The second-order valence-electron chi connectivity index (χ2n) is 5.40. The van der Waals surface area contributed by atoms with Gasteiger partial charge in [0.25, 0.3) is 0 Å². The molecule has 1 aliphatic heterocycles. The molecule has 0 bridgehead atoms. The molecule has 1 atom stereocenters. The predicted molar refractivity (Wildman–Crippen MR) is 79.2 cm³/mol. The molecule has 4 nitrogen and oxygen atoms in total. The SMILES string of the molecule is CCCC1CCC(=O)N(CC=C(CC)C(=O)OC)CC1. The highest BCUT2D eigenvalue weighted by Gasteiger charge is 2.21. The van der Waals surface area contributed by atoms with Crippen molar-refractivity contribution in [2.75, 3.05) is 20.2 Å². The maximum atomic E-state index is 12.1. The fourth-order valence-corrected chi connectivity index (χ4v) is 2.71. The molecule has 1 heterocycles. The number of hydrogen-bond acceptors (Lipinski definition) is 3. The molecule has 0 aromatic rings. The van der Waals surface area contributed by atoms with Crippen LogP contribution in [0.15, 0.2) is 11.6 Å². The first-order chi connectivity index (χ1) is 9.62. The van der Waals surface area contributed by atoms with Crippen molar-refractivity contribution >= 4 is 11.9 Å². The number of likely N-dealkylation sites (tertiary alicyclic amines) is 1. The fourth-order valence-electron chi connectivity index (χ4n) is 2.71. The molecule has 1 rings (SSSR count). The first-order valence-corrected chi connectivity index (χ1v) is 7.67. The molecule has 1 unspecified atom stereocenters. The van der Waals surface area contributed by atoms with Gasteiger partial charge in [-0.1, -0.05) is 32.8 Å². The van der Waals surface area contributed by atoms with Crippen LogP contribution in [-0.4, -0.2) is 37.0 Å².